The Balaban J connectivity index is 2.10. The van der Waals surface area contributed by atoms with Gasteiger partial charge in [0.2, 0.25) is 0 Å². The van der Waals surface area contributed by atoms with Crippen LogP contribution in [0.2, 0.25) is 0 Å². The predicted molar refractivity (Wildman–Crippen MR) is 84.4 cm³/mol. The molecule has 0 radical (unpaired) electrons. The lowest BCUT2D eigenvalue weighted by Gasteiger charge is -2.30. The van der Waals surface area contributed by atoms with Crippen LogP contribution in [0.3, 0.4) is 0 Å². The fourth-order valence-electron chi connectivity index (χ4n) is 3.06. The van der Waals surface area contributed by atoms with Crippen LogP contribution in [-0.4, -0.2) is 46.8 Å². The molecule has 0 aliphatic carbocycles. The average molecular weight is 292 g/mol. The number of nitrogens with one attached hydrogen (secondary N) is 1. The van der Waals surface area contributed by atoms with Gasteiger partial charge in [-0.05, 0) is 58.2 Å². The van der Waals surface area contributed by atoms with Crippen LogP contribution in [0.25, 0.3) is 0 Å². The van der Waals surface area contributed by atoms with Crippen LogP contribution in [0, 0.1) is 12.8 Å². The van der Waals surface area contributed by atoms with E-state index in [0.717, 1.165) is 50.5 Å². The largest absolute Gasteiger partial charge is 0.337 e. The van der Waals surface area contributed by atoms with Crippen molar-refractivity contribution in [1.29, 1.82) is 0 Å². The molecule has 1 aromatic heterocycles. The van der Waals surface area contributed by atoms with E-state index in [0.29, 0.717) is 5.92 Å². The number of piperidine rings is 1. The third-order valence-electron chi connectivity index (χ3n) is 4.08. The van der Waals surface area contributed by atoms with Crippen molar-refractivity contribution in [3.63, 3.8) is 0 Å². The Bertz CT molecular complexity index is 463. The summed E-state index contributed by atoms with van der Waals surface area (Å²) in [6.45, 7) is 10.6. The van der Waals surface area contributed by atoms with E-state index in [9.17, 15) is 4.79 Å². The van der Waals surface area contributed by atoms with Crippen LogP contribution in [0.1, 0.15) is 49.3 Å². The summed E-state index contributed by atoms with van der Waals surface area (Å²) in [5, 5.41) is 7.83. The number of rotatable bonds is 6. The molecule has 2 rings (SSSR count). The number of hydrogen-bond acceptors (Lipinski definition) is 3. The van der Waals surface area contributed by atoms with Crippen molar-refractivity contribution in [3.05, 3.63) is 17.5 Å². The predicted octanol–water partition coefficient (Wildman–Crippen LogP) is 2.06. The van der Waals surface area contributed by atoms with Gasteiger partial charge < -0.3 is 10.2 Å². The summed E-state index contributed by atoms with van der Waals surface area (Å²) in [6, 6.07) is 1.91. The van der Waals surface area contributed by atoms with Crippen LogP contribution < -0.4 is 5.32 Å². The van der Waals surface area contributed by atoms with E-state index in [1.165, 1.54) is 12.8 Å². The molecule has 1 unspecified atom stereocenters. The second-order valence-corrected chi connectivity index (χ2v) is 5.95. The van der Waals surface area contributed by atoms with Crippen LogP contribution in [0.5, 0.6) is 0 Å². The summed E-state index contributed by atoms with van der Waals surface area (Å²) >= 11 is 0. The highest BCUT2D eigenvalue weighted by Crippen LogP contribution is 2.15. The van der Waals surface area contributed by atoms with Crippen LogP contribution in [0.4, 0.5) is 0 Å². The maximum atomic E-state index is 12.8. The molecule has 5 heteroatoms. The fourth-order valence-corrected chi connectivity index (χ4v) is 3.06. The molecule has 1 aliphatic rings. The highest BCUT2D eigenvalue weighted by molar-refractivity contribution is 5.92. The molecule has 1 fully saturated rings. The molecule has 1 aromatic rings. The number of hydrogen-bond donors (Lipinski definition) is 1. The molecule has 0 aromatic carbocycles. The van der Waals surface area contributed by atoms with E-state index in [1.54, 1.807) is 0 Å². The highest BCUT2D eigenvalue weighted by atomic mass is 16.2. The highest BCUT2D eigenvalue weighted by Gasteiger charge is 2.23. The molecule has 118 valence electrons. The van der Waals surface area contributed by atoms with Crippen LogP contribution >= 0.6 is 0 Å². The molecule has 21 heavy (non-hydrogen) atoms. The maximum absolute atomic E-state index is 12.8. The van der Waals surface area contributed by atoms with E-state index < -0.39 is 0 Å². The van der Waals surface area contributed by atoms with Crippen molar-refractivity contribution in [1.82, 2.24) is 20.0 Å². The lowest BCUT2D eigenvalue weighted by atomic mass is 9.99. The topological polar surface area (TPSA) is 50.2 Å². The Hall–Kier alpha value is -1.36. The Morgan fingerprint density at radius 1 is 1.52 bits per heavy atom. The van der Waals surface area contributed by atoms with E-state index in [4.69, 9.17) is 0 Å². The van der Waals surface area contributed by atoms with Crippen molar-refractivity contribution in [2.75, 3.05) is 26.2 Å². The lowest BCUT2D eigenvalue weighted by molar-refractivity contribution is 0.0706. The van der Waals surface area contributed by atoms with Gasteiger partial charge in [0.25, 0.3) is 5.91 Å². The molecular weight excluding hydrogens is 264 g/mol. The lowest BCUT2D eigenvalue weighted by Crippen LogP contribution is -2.42. The average Bonchev–Trinajstić information content (AvgIpc) is 2.88. The first-order chi connectivity index (χ1) is 10.2. The number of aryl methyl sites for hydroxylation is 2. The smallest absolute Gasteiger partial charge is 0.272 e. The summed E-state index contributed by atoms with van der Waals surface area (Å²) < 4.78 is 1.82. The number of carbonyl (C=O) groups is 1. The Morgan fingerprint density at radius 2 is 2.33 bits per heavy atom. The van der Waals surface area contributed by atoms with E-state index >= 15 is 0 Å². The second kappa shape index (κ2) is 7.59. The molecule has 0 saturated carbocycles. The van der Waals surface area contributed by atoms with Crippen molar-refractivity contribution in [3.8, 4) is 0 Å². The molecular formula is C16H28N4O. The summed E-state index contributed by atoms with van der Waals surface area (Å²) in [5.74, 6) is 0.707. The zero-order chi connectivity index (χ0) is 15.2. The summed E-state index contributed by atoms with van der Waals surface area (Å²) in [5.41, 5.74) is 1.64. The third-order valence-corrected chi connectivity index (χ3v) is 4.08. The maximum Gasteiger partial charge on any atom is 0.272 e. The molecule has 5 nitrogen and oxygen atoms in total. The minimum atomic E-state index is 0.130. The van der Waals surface area contributed by atoms with Gasteiger partial charge in [-0.2, -0.15) is 5.10 Å². The van der Waals surface area contributed by atoms with Gasteiger partial charge >= 0.3 is 0 Å². The van der Waals surface area contributed by atoms with Crippen molar-refractivity contribution >= 4 is 5.91 Å². The van der Waals surface area contributed by atoms with Crippen LogP contribution in [-0.2, 0) is 6.54 Å². The molecule has 0 spiro atoms. The van der Waals surface area contributed by atoms with Gasteiger partial charge in [-0.3, -0.25) is 9.48 Å². The number of aromatic nitrogens is 2. The minimum absolute atomic E-state index is 0.130. The second-order valence-electron chi connectivity index (χ2n) is 5.95. The molecule has 1 N–H and O–H groups in total. The van der Waals surface area contributed by atoms with Crippen molar-refractivity contribution < 1.29 is 4.79 Å². The van der Waals surface area contributed by atoms with Gasteiger partial charge in [0.05, 0.1) is 5.69 Å². The quantitative estimate of drug-likeness (QED) is 0.873. The van der Waals surface area contributed by atoms with E-state index in [1.807, 2.05) is 29.5 Å². The van der Waals surface area contributed by atoms with Crippen molar-refractivity contribution in [2.24, 2.45) is 5.92 Å². The standard InChI is InChI=1S/C16H28N4O/c1-4-9-19(12-14-7-6-8-17-11-14)16(21)15-10-13(3)18-20(15)5-2/h10,14,17H,4-9,11-12H2,1-3H3. The molecule has 1 amide bonds. The summed E-state index contributed by atoms with van der Waals surface area (Å²) in [7, 11) is 0. The Morgan fingerprint density at radius 3 is 2.95 bits per heavy atom. The molecule has 2 heterocycles. The molecule has 1 aliphatic heterocycles. The first kappa shape index (κ1) is 16.0. The minimum Gasteiger partial charge on any atom is -0.337 e. The zero-order valence-electron chi connectivity index (χ0n) is 13.6. The third kappa shape index (κ3) is 4.06. The number of amides is 1. The van der Waals surface area contributed by atoms with E-state index in [-0.39, 0.29) is 5.91 Å². The van der Waals surface area contributed by atoms with Gasteiger partial charge in [0, 0.05) is 19.6 Å². The van der Waals surface area contributed by atoms with Crippen LogP contribution in [0.15, 0.2) is 6.07 Å². The first-order valence-corrected chi connectivity index (χ1v) is 8.20. The molecule has 1 atom stereocenters. The van der Waals surface area contributed by atoms with Gasteiger partial charge in [-0.25, -0.2) is 0 Å². The normalized spacial score (nSPS) is 18.7. The Labute approximate surface area is 127 Å². The number of carbonyl (C=O) groups excluding carboxylic acids is 1. The SMILES string of the molecule is CCCN(CC1CCCNC1)C(=O)c1cc(C)nn1CC. The Kier molecular flexibility index (Phi) is 5.79. The molecule has 0 bridgehead atoms. The summed E-state index contributed by atoms with van der Waals surface area (Å²) in [6.07, 6.45) is 3.42. The zero-order valence-corrected chi connectivity index (χ0v) is 13.6. The van der Waals surface area contributed by atoms with Gasteiger partial charge in [-0.15, -0.1) is 0 Å². The first-order valence-electron chi connectivity index (χ1n) is 8.20. The van der Waals surface area contributed by atoms with Crippen molar-refractivity contribution in [2.45, 2.75) is 46.6 Å². The van der Waals surface area contributed by atoms with Gasteiger partial charge in [0.1, 0.15) is 5.69 Å². The molecule has 1 saturated heterocycles. The number of nitrogens with zero attached hydrogens (tertiary/aromatic N) is 3. The fraction of sp³-hybridized carbons (Fsp3) is 0.750. The van der Waals surface area contributed by atoms with Gasteiger partial charge in [0.15, 0.2) is 0 Å². The summed E-state index contributed by atoms with van der Waals surface area (Å²) in [4.78, 5) is 14.9. The monoisotopic (exact) mass is 292 g/mol. The van der Waals surface area contributed by atoms with Gasteiger partial charge in [-0.1, -0.05) is 6.92 Å². The van der Waals surface area contributed by atoms with E-state index in [2.05, 4.69) is 17.3 Å².